The number of halogens is 1. The summed E-state index contributed by atoms with van der Waals surface area (Å²) in [6.45, 7) is 4.29. The van der Waals surface area contributed by atoms with Crippen LogP contribution in [0.4, 0.5) is 0 Å². The molecule has 0 spiro atoms. The summed E-state index contributed by atoms with van der Waals surface area (Å²) < 4.78 is 1.24. The molecule has 0 aliphatic rings. The molecule has 2 heteroatoms. The summed E-state index contributed by atoms with van der Waals surface area (Å²) in [5.41, 5.74) is 5.86. The molecular weight excluding hydrogens is 369 g/mol. The highest BCUT2D eigenvalue weighted by atomic mass is 127. The Morgan fingerprint density at radius 3 is 2.43 bits per heavy atom. The molecule has 1 aromatic heterocycles. The van der Waals surface area contributed by atoms with Gasteiger partial charge in [0.05, 0.1) is 11.2 Å². The van der Waals surface area contributed by atoms with Crippen molar-refractivity contribution in [2.45, 2.75) is 13.8 Å². The first-order valence-corrected chi connectivity index (χ1v) is 8.02. The number of fused-ring (bicyclic) bond motifs is 1. The molecule has 0 aliphatic carbocycles. The van der Waals surface area contributed by atoms with Crippen LogP contribution >= 0.6 is 22.6 Å². The fourth-order valence-corrected chi connectivity index (χ4v) is 3.02. The summed E-state index contributed by atoms with van der Waals surface area (Å²) in [5, 5.41) is 1.24. The van der Waals surface area contributed by atoms with E-state index in [1.54, 1.807) is 0 Å². The molecule has 0 atom stereocenters. The van der Waals surface area contributed by atoms with Crippen molar-refractivity contribution in [2.24, 2.45) is 0 Å². The number of benzene rings is 2. The SMILES string of the molecule is Cc1cc(C)c2ccc(/C=C/c3ccccc3)nc2c1I. The summed E-state index contributed by atoms with van der Waals surface area (Å²) >= 11 is 2.39. The molecule has 3 aromatic rings. The number of hydrogen-bond acceptors (Lipinski definition) is 1. The molecule has 2 aromatic carbocycles. The number of rotatable bonds is 2. The Labute approximate surface area is 138 Å². The van der Waals surface area contributed by atoms with Crippen LogP contribution in [0.15, 0.2) is 48.5 Å². The molecule has 21 heavy (non-hydrogen) atoms. The van der Waals surface area contributed by atoms with Crippen LogP contribution in [-0.2, 0) is 0 Å². The Morgan fingerprint density at radius 1 is 0.905 bits per heavy atom. The van der Waals surface area contributed by atoms with Crippen LogP contribution in [0.5, 0.6) is 0 Å². The van der Waals surface area contributed by atoms with Gasteiger partial charge in [0.2, 0.25) is 0 Å². The fourth-order valence-electron chi connectivity index (χ4n) is 2.45. The number of hydrogen-bond donors (Lipinski definition) is 0. The van der Waals surface area contributed by atoms with Crippen LogP contribution in [0.2, 0.25) is 0 Å². The summed E-state index contributed by atoms with van der Waals surface area (Å²) in [6, 6.07) is 16.8. The molecule has 0 fully saturated rings. The predicted molar refractivity (Wildman–Crippen MR) is 99.3 cm³/mol. The Balaban J connectivity index is 2.05. The molecule has 104 valence electrons. The van der Waals surface area contributed by atoms with Crippen LogP contribution < -0.4 is 0 Å². The maximum Gasteiger partial charge on any atom is 0.0847 e. The third kappa shape index (κ3) is 3.00. The van der Waals surface area contributed by atoms with E-state index in [9.17, 15) is 0 Å². The van der Waals surface area contributed by atoms with Gasteiger partial charge in [-0.25, -0.2) is 4.98 Å². The van der Waals surface area contributed by atoms with Crippen molar-refractivity contribution in [3.63, 3.8) is 0 Å². The molecule has 0 unspecified atom stereocenters. The zero-order chi connectivity index (χ0) is 14.8. The van der Waals surface area contributed by atoms with Crippen molar-refractivity contribution in [2.75, 3.05) is 0 Å². The van der Waals surface area contributed by atoms with Crippen molar-refractivity contribution in [3.05, 3.63) is 74.5 Å². The number of aromatic nitrogens is 1. The van der Waals surface area contributed by atoms with E-state index in [4.69, 9.17) is 4.98 Å². The van der Waals surface area contributed by atoms with Crippen molar-refractivity contribution in [1.82, 2.24) is 4.98 Å². The van der Waals surface area contributed by atoms with E-state index in [-0.39, 0.29) is 0 Å². The number of aryl methyl sites for hydroxylation is 2. The van der Waals surface area contributed by atoms with Crippen LogP contribution in [0.25, 0.3) is 23.1 Å². The number of nitrogens with zero attached hydrogens (tertiary/aromatic N) is 1. The molecule has 0 saturated carbocycles. The Hall–Kier alpha value is -1.68. The minimum Gasteiger partial charge on any atom is -0.247 e. The molecule has 0 saturated heterocycles. The second-order valence-corrected chi connectivity index (χ2v) is 6.28. The van der Waals surface area contributed by atoms with Crippen molar-refractivity contribution < 1.29 is 0 Å². The van der Waals surface area contributed by atoms with Crippen LogP contribution in [0.1, 0.15) is 22.4 Å². The van der Waals surface area contributed by atoms with Gasteiger partial charge in [-0.2, -0.15) is 0 Å². The molecule has 0 radical (unpaired) electrons. The molecule has 0 amide bonds. The minimum atomic E-state index is 0.995. The highest BCUT2D eigenvalue weighted by Crippen LogP contribution is 2.26. The lowest BCUT2D eigenvalue weighted by Gasteiger charge is -2.08. The van der Waals surface area contributed by atoms with E-state index in [1.807, 2.05) is 18.2 Å². The lowest BCUT2D eigenvalue weighted by Crippen LogP contribution is -1.92. The Bertz CT molecular complexity index is 820. The van der Waals surface area contributed by atoms with Gasteiger partial charge in [-0.3, -0.25) is 0 Å². The largest absolute Gasteiger partial charge is 0.247 e. The number of pyridine rings is 1. The lowest BCUT2D eigenvalue weighted by molar-refractivity contribution is 1.31. The van der Waals surface area contributed by atoms with E-state index in [0.717, 1.165) is 11.2 Å². The predicted octanol–water partition coefficient (Wildman–Crippen LogP) is 5.63. The highest BCUT2D eigenvalue weighted by molar-refractivity contribution is 14.1. The van der Waals surface area contributed by atoms with Crippen molar-refractivity contribution in [3.8, 4) is 0 Å². The first-order chi connectivity index (χ1) is 10.1. The van der Waals surface area contributed by atoms with Gasteiger partial charge in [0.25, 0.3) is 0 Å². The first-order valence-electron chi connectivity index (χ1n) is 6.95. The fraction of sp³-hybridized carbons (Fsp3) is 0.105. The van der Waals surface area contributed by atoms with Crippen molar-refractivity contribution in [1.29, 1.82) is 0 Å². The van der Waals surface area contributed by atoms with E-state index in [1.165, 1.54) is 25.6 Å². The zero-order valence-electron chi connectivity index (χ0n) is 12.1. The van der Waals surface area contributed by atoms with Gasteiger partial charge in [-0.15, -0.1) is 0 Å². The van der Waals surface area contributed by atoms with Crippen molar-refractivity contribution >= 4 is 45.6 Å². The molecule has 0 aliphatic heterocycles. The van der Waals surface area contributed by atoms with Gasteiger partial charge in [-0.1, -0.05) is 48.5 Å². The summed E-state index contributed by atoms with van der Waals surface area (Å²) in [5.74, 6) is 0. The molecule has 0 bridgehead atoms. The van der Waals surface area contributed by atoms with Crippen LogP contribution in [-0.4, -0.2) is 4.98 Å². The van der Waals surface area contributed by atoms with Crippen LogP contribution in [0, 0.1) is 17.4 Å². The third-order valence-corrected chi connectivity index (χ3v) is 4.94. The lowest BCUT2D eigenvalue weighted by atomic mass is 10.1. The quantitative estimate of drug-likeness (QED) is 0.522. The van der Waals surface area contributed by atoms with E-state index >= 15 is 0 Å². The second-order valence-electron chi connectivity index (χ2n) is 5.20. The van der Waals surface area contributed by atoms with Gasteiger partial charge < -0.3 is 0 Å². The summed E-state index contributed by atoms with van der Waals surface area (Å²) in [4.78, 5) is 4.82. The molecule has 0 N–H and O–H groups in total. The Kier molecular flexibility index (Phi) is 4.06. The molecular formula is C19H16IN. The topological polar surface area (TPSA) is 12.9 Å². The maximum absolute atomic E-state index is 4.82. The molecule has 3 rings (SSSR count). The van der Waals surface area contributed by atoms with Crippen LogP contribution in [0.3, 0.4) is 0 Å². The minimum absolute atomic E-state index is 0.995. The standard InChI is InChI=1S/C19H16IN/c1-13-12-14(2)18(20)19-17(13)11-10-16(21-19)9-8-15-6-4-3-5-7-15/h3-12H,1-2H3/b9-8+. The summed E-state index contributed by atoms with van der Waals surface area (Å²) in [6.07, 6.45) is 4.17. The first kappa shape index (κ1) is 14.3. The van der Waals surface area contributed by atoms with E-state index in [2.05, 4.69) is 78.9 Å². The highest BCUT2D eigenvalue weighted by Gasteiger charge is 2.06. The average Bonchev–Trinajstić information content (AvgIpc) is 2.51. The van der Waals surface area contributed by atoms with E-state index in [0.29, 0.717) is 0 Å². The average molecular weight is 385 g/mol. The monoisotopic (exact) mass is 385 g/mol. The zero-order valence-corrected chi connectivity index (χ0v) is 14.3. The third-order valence-electron chi connectivity index (χ3n) is 3.57. The molecule has 1 heterocycles. The Morgan fingerprint density at radius 2 is 1.67 bits per heavy atom. The smallest absolute Gasteiger partial charge is 0.0847 e. The van der Waals surface area contributed by atoms with Gasteiger partial charge in [0.1, 0.15) is 0 Å². The van der Waals surface area contributed by atoms with Gasteiger partial charge in [0.15, 0.2) is 0 Å². The van der Waals surface area contributed by atoms with Gasteiger partial charge in [-0.05, 0) is 65.3 Å². The normalized spacial score (nSPS) is 11.4. The van der Waals surface area contributed by atoms with E-state index < -0.39 is 0 Å². The maximum atomic E-state index is 4.82. The summed E-state index contributed by atoms with van der Waals surface area (Å²) in [7, 11) is 0. The second kappa shape index (κ2) is 5.98. The molecule has 1 nitrogen and oxygen atoms in total. The van der Waals surface area contributed by atoms with Gasteiger partial charge in [0, 0.05) is 8.96 Å². The van der Waals surface area contributed by atoms with Gasteiger partial charge >= 0.3 is 0 Å².